The molecule has 0 aromatic heterocycles. The Morgan fingerprint density at radius 2 is 2.07 bits per heavy atom. The number of allylic oxidation sites excluding steroid dienone is 2. The van der Waals surface area contributed by atoms with Crippen LogP contribution in [0.2, 0.25) is 0 Å². The van der Waals surface area contributed by atoms with Crippen molar-refractivity contribution in [3.8, 4) is 0 Å². The molecular weight excluding hydrogens is 173 g/mol. The van der Waals surface area contributed by atoms with Gasteiger partial charge in [-0.1, -0.05) is 48.8 Å². The first kappa shape index (κ1) is 10.6. The quantitative estimate of drug-likeness (QED) is 0.335. The van der Waals surface area contributed by atoms with E-state index in [1.807, 2.05) is 24.3 Å². The number of hydrogen-bond donors (Lipinski definition) is 1. The molecule has 0 atom stereocenters. The molecule has 0 aliphatic carbocycles. The molecular formula is C11H12BNO. The highest BCUT2D eigenvalue weighted by molar-refractivity contribution is 6.08. The highest BCUT2D eigenvalue weighted by atomic mass is 16.6. The van der Waals surface area contributed by atoms with E-state index in [0.717, 1.165) is 11.1 Å². The third kappa shape index (κ3) is 2.50. The van der Waals surface area contributed by atoms with Gasteiger partial charge in [0.1, 0.15) is 0 Å². The zero-order valence-electron chi connectivity index (χ0n) is 7.94. The molecule has 0 spiro atoms. The molecule has 14 heavy (non-hydrogen) atoms. The van der Waals surface area contributed by atoms with E-state index in [9.17, 15) is 0 Å². The first-order valence-corrected chi connectivity index (χ1v) is 4.30. The zero-order chi connectivity index (χ0) is 10.4. The van der Waals surface area contributed by atoms with Crippen LogP contribution < -0.4 is 5.90 Å². The van der Waals surface area contributed by atoms with Gasteiger partial charge in [-0.05, 0) is 6.08 Å². The van der Waals surface area contributed by atoms with Gasteiger partial charge in [-0.25, -0.2) is 0 Å². The number of benzene rings is 1. The van der Waals surface area contributed by atoms with Gasteiger partial charge in [0.05, 0.1) is 7.85 Å². The van der Waals surface area contributed by atoms with Crippen LogP contribution in [0.25, 0.3) is 5.76 Å². The lowest BCUT2D eigenvalue weighted by Gasteiger charge is -2.05. The van der Waals surface area contributed by atoms with Crippen molar-refractivity contribution in [2.45, 2.75) is 6.32 Å². The van der Waals surface area contributed by atoms with Gasteiger partial charge in [-0.2, -0.15) is 5.90 Å². The summed E-state index contributed by atoms with van der Waals surface area (Å²) in [5.74, 6) is 5.71. The maximum Gasteiger partial charge on any atom is 0.154 e. The first-order chi connectivity index (χ1) is 6.81. The maximum absolute atomic E-state index is 5.48. The van der Waals surface area contributed by atoms with Crippen molar-refractivity contribution in [2.24, 2.45) is 5.90 Å². The van der Waals surface area contributed by atoms with Crippen molar-refractivity contribution < 1.29 is 4.84 Å². The lowest BCUT2D eigenvalue weighted by molar-refractivity contribution is 0.291. The molecule has 0 amide bonds. The van der Waals surface area contributed by atoms with Crippen LogP contribution in [0.4, 0.5) is 0 Å². The van der Waals surface area contributed by atoms with Crippen molar-refractivity contribution in [1.29, 1.82) is 0 Å². The Morgan fingerprint density at radius 3 is 2.50 bits per heavy atom. The maximum atomic E-state index is 5.48. The Labute approximate surface area is 85.4 Å². The lowest BCUT2D eigenvalue weighted by atomic mass is 9.96. The smallest absolute Gasteiger partial charge is 0.154 e. The molecule has 0 unspecified atom stereocenters. The minimum absolute atomic E-state index is 0.532. The van der Waals surface area contributed by atoms with E-state index in [1.165, 1.54) is 0 Å². The summed E-state index contributed by atoms with van der Waals surface area (Å²) >= 11 is 0. The van der Waals surface area contributed by atoms with Crippen LogP contribution in [-0.4, -0.2) is 7.85 Å². The van der Waals surface area contributed by atoms with Gasteiger partial charge in [0.2, 0.25) is 0 Å². The first-order valence-electron chi connectivity index (χ1n) is 4.30. The fourth-order valence-electron chi connectivity index (χ4n) is 1.12. The number of rotatable bonds is 4. The second-order valence-electron chi connectivity index (χ2n) is 2.79. The molecule has 0 saturated heterocycles. The Hall–Kier alpha value is -1.48. The highest BCUT2D eigenvalue weighted by Gasteiger charge is 1.99. The second kappa shape index (κ2) is 5.30. The Balaban J connectivity index is 2.95. The van der Waals surface area contributed by atoms with Gasteiger partial charge >= 0.3 is 0 Å². The molecule has 1 rings (SSSR count). The molecule has 1 aromatic carbocycles. The van der Waals surface area contributed by atoms with E-state index in [0.29, 0.717) is 12.1 Å². The van der Waals surface area contributed by atoms with Crippen LogP contribution >= 0.6 is 0 Å². The van der Waals surface area contributed by atoms with Gasteiger partial charge in [0.25, 0.3) is 0 Å². The largest absolute Gasteiger partial charge is 0.411 e. The lowest BCUT2D eigenvalue weighted by Crippen LogP contribution is -1.98. The van der Waals surface area contributed by atoms with E-state index in [-0.39, 0.29) is 0 Å². The Kier molecular flexibility index (Phi) is 4.01. The van der Waals surface area contributed by atoms with Gasteiger partial charge in [-0.3, -0.25) is 0 Å². The van der Waals surface area contributed by atoms with E-state index in [4.69, 9.17) is 18.6 Å². The van der Waals surface area contributed by atoms with Crippen LogP contribution in [0.1, 0.15) is 11.1 Å². The third-order valence-electron chi connectivity index (χ3n) is 1.87. The summed E-state index contributed by atoms with van der Waals surface area (Å²) in [5, 5.41) is 0. The Bertz CT molecular complexity index is 330. The van der Waals surface area contributed by atoms with Crippen molar-refractivity contribution in [3.05, 3.63) is 54.1 Å². The molecule has 0 bridgehead atoms. The average Bonchev–Trinajstić information content (AvgIpc) is 2.26. The molecule has 2 radical (unpaired) electrons. The molecule has 0 heterocycles. The Morgan fingerprint density at radius 1 is 1.43 bits per heavy atom. The van der Waals surface area contributed by atoms with E-state index >= 15 is 0 Å². The van der Waals surface area contributed by atoms with Gasteiger partial charge in [-0.15, -0.1) is 0 Å². The molecule has 70 valence electrons. The van der Waals surface area contributed by atoms with Crippen LogP contribution in [0.15, 0.2) is 43.0 Å². The molecule has 0 aliphatic rings. The standard InChI is InChI=1S/C11H12BNO/c1-2-3-11(14-13)10-6-4-9(8-12)5-7-10/h2-7H,1,8,13H2/b11-3-. The molecule has 3 heteroatoms. The summed E-state index contributed by atoms with van der Waals surface area (Å²) < 4.78 is 0. The summed E-state index contributed by atoms with van der Waals surface area (Å²) in [6.45, 7) is 3.58. The van der Waals surface area contributed by atoms with E-state index in [1.54, 1.807) is 12.2 Å². The number of nitrogens with two attached hydrogens (primary N) is 1. The van der Waals surface area contributed by atoms with Crippen LogP contribution in [-0.2, 0) is 11.2 Å². The average molecular weight is 185 g/mol. The van der Waals surface area contributed by atoms with Crippen molar-refractivity contribution in [3.63, 3.8) is 0 Å². The molecule has 1 aromatic rings. The topological polar surface area (TPSA) is 35.2 Å². The summed E-state index contributed by atoms with van der Waals surface area (Å²) in [4.78, 5) is 4.71. The highest BCUT2D eigenvalue weighted by Crippen LogP contribution is 2.14. The molecule has 2 nitrogen and oxygen atoms in total. The summed E-state index contributed by atoms with van der Waals surface area (Å²) in [5.41, 5.74) is 1.98. The molecule has 0 fully saturated rings. The SMILES string of the molecule is [B]Cc1ccc(/C(=C/C=C)ON)cc1. The van der Waals surface area contributed by atoms with E-state index < -0.39 is 0 Å². The molecule has 0 aliphatic heterocycles. The zero-order valence-corrected chi connectivity index (χ0v) is 7.94. The minimum atomic E-state index is 0.532. The van der Waals surface area contributed by atoms with Gasteiger partial charge in [0.15, 0.2) is 5.76 Å². The van der Waals surface area contributed by atoms with Crippen molar-refractivity contribution in [2.75, 3.05) is 0 Å². The van der Waals surface area contributed by atoms with Crippen LogP contribution in [0, 0.1) is 0 Å². The summed E-state index contributed by atoms with van der Waals surface area (Å²) in [6.07, 6.45) is 3.86. The van der Waals surface area contributed by atoms with Crippen molar-refractivity contribution in [1.82, 2.24) is 0 Å². The minimum Gasteiger partial charge on any atom is -0.411 e. The van der Waals surface area contributed by atoms with Crippen molar-refractivity contribution >= 4 is 13.6 Å². The normalized spacial score (nSPS) is 11.1. The molecule has 0 saturated carbocycles. The monoisotopic (exact) mass is 185 g/mol. The van der Waals surface area contributed by atoms with Gasteiger partial charge in [0, 0.05) is 5.56 Å². The van der Waals surface area contributed by atoms with E-state index in [2.05, 4.69) is 6.58 Å². The summed E-state index contributed by atoms with van der Waals surface area (Å²) in [7, 11) is 5.48. The fourth-order valence-corrected chi connectivity index (χ4v) is 1.12. The molecule has 2 N–H and O–H groups in total. The fraction of sp³-hybridized carbons (Fsp3) is 0.0909. The second-order valence-corrected chi connectivity index (χ2v) is 2.79. The van der Waals surface area contributed by atoms with Gasteiger partial charge < -0.3 is 4.84 Å². The third-order valence-corrected chi connectivity index (χ3v) is 1.87. The van der Waals surface area contributed by atoms with Crippen LogP contribution in [0.5, 0.6) is 0 Å². The predicted molar refractivity (Wildman–Crippen MR) is 59.3 cm³/mol. The predicted octanol–water partition coefficient (Wildman–Crippen LogP) is 1.77. The van der Waals surface area contributed by atoms with Crippen LogP contribution in [0.3, 0.4) is 0 Å². The summed E-state index contributed by atoms with van der Waals surface area (Å²) in [6, 6.07) is 7.69. The number of hydrogen-bond acceptors (Lipinski definition) is 2.